The maximum Gasteiger partial charge on any atom is 0.272 e. The number of hydrogen-bond donors (Lipinski definition) is 2. The van der Waals surface area contributed by atoms with E-state index in [1.54, 1.807) is 66.7 Å². The minimum absolute atomic E-state index is 0.0559. The molecular formula is C24H21BrN2O4. The third kappa shape index (κ3) is 5.73. The number of ether oxygens (including phenoxy) is 2. The van der Waals surface area contributed by atoms with E-state index >= 15 is 0 Å². The first-order valence-electron chi connectivity index (χ1n) is 9.38. The van der Waals surface area contributed by atoms with Gasteiger partial charge in [0, 0.05) is 21.3 Å². The van der Waals surface area contributed by atoms with Gasteiger partial charge in [0.15, 0.2) is 11.5 Å². The Morgan fingerprint density at radius 3 is 2.32 bits per heavy atom. The molecule has 3 rings (SSSR count). The first-order valence-corrected chi connectivity index (χ1v) is 10.2. The second kappa shape index (κ2) is 10.4. The van der Waals surface area contributed by atoms with Gasteiger partial charge in [-0.2, -0.15) is 0 Å². The van der Waals surface area contributed by atoms with Crippen LogP contribution >= 0.6 is 15.9 Å². The summed E-state index contributed by atoms with van der Waals surface area (Å²) >= 11 is 3.38. The monoisotopic (exact) mass is 480 g/mol. The van der Waals surface area contributed by atoms with Crippen LogP contribution in [0.3, 0.4) is 0 Å². The maximum atomic E-state index is 13.1. The van der Waals surface area contributed by atoms with E-state index in [0.29, 0.717) is 28.3 Å². The largest absolute Gasteiger partial charge is 0.493 e. The van der Waals surface area contributed by atoms with Gasteiger partial charge in [-0.1, -0.05) is 52.3 Å². The second-order valence-corrected chi connectivity index (χ2v) is 7.34. The fourth-order valence-corrected chi connectivity index (χ4v) is 3.29. The normalized spacial score (nSPS) is 10.9. The van der Waals surface area contributed by atoms with Gasteiger partial charge in [-0.3, -0.25) is 9.59 Å². The molecule has 0 unspecified atom stereocenters. The highest BCUT2D eigenvalue weighted by Crippen LogP contribution is 2.32. The van der Waals surface area contributed by atoms with Crippen molar-refractivity contribution >= 4 is 39.5 Å². The van der Waals surface area contributed by atoms with Crippen molar-refractivity contribution < 1.29 is 19.1 Å². The summed E-state index contributed by atoms with van der Waals surface area (Å²) in [7, 11) is 3.04. The molecular weight excluding hydrogens is 460 g/mol. The van der Waals surface area contributed by atoms with Gasteiger partial charge in [0.2, 0.25) is 0 Å². The fourth-order valence-electron chi connectivity index (χ4n) is 2.89. The molecule has 7 heteroatoms. The van der Waals surface area contributed by atoms with Crippen molar-refractivity contribution in [3.63, 3.8) is 0 Å². The Kier molecular flexibility index (Phi) is 7.45. The zero-order valence-electron chi connectivity index (χ0n) is 17.0. The maximum absolute atomic E-state index is 13.1. The van der Waals surface area contributed by atoms with Crippen LogP contribution in [0.4, 0.5) is 5.69 Å². The number of hydrogen-bond acceptors (Lipinski definition) is 4. The van der Waals surface area contributed by atoms with Crippen LogP contribution < -0.4 is 20.1 Å². The molecule has 0 aliphatic heterocycles. The van der Waals surface area contributed by atoms with E-state index in [1.165, 1.54) is 14.2 Å². The lowest BCUT2D eigenvalue weighted by Gasteiger charge is -2.14. The van der Waals surface area contributed by atoms with Gasteiger partial charge in [-0.15, -0.1) is 0 Å². The highest BCUT2D eigenvalue weighted by atomic mass is 79.9. The number of rotatable bonds is 7. The molecule has 0 fully saturated rings. The minimum Gasteiger partial charge on any atom is -0.493 e. The van der Waals surface area contributed by atoms with Crippen LogP contribution in [-0.4, -0.2) is 26.0 Å². The van der Waals surface area contributed by atoms with Gasteiger partial charge >= 0.3 is 0 Å². The van der Waals surface area contributed by atoms with Crippen LogP contribution in [-0.2, 0) is 4.79 Å². The van der Waals surface area contributed by atoms with Gasteiger partial charge in [0.1, 0.15) is 5.70 Å². The molecule has 0 aliphatic carbocycles. The van der Waals surface area contributed by atoms with Crippen LogP contribution in [0.1, 0.15) is 15.9 Å². The number of anilines is 1. The summed E-state index contributed by atoms with van der Waals surface area (Å²) in [5, 5.41) is 5.51. The van der Waals surface area contributed by atoms with E-state index in [0.717, 1.165) is 4.47 Å². The van der Waals surface area contributed by atoms with Gasteiger partial charge in [-0.05, 0) is 42.5 Å². The topological polar surface area (TPSA) is 76.7 Å². The number of carbonyl (C=O) groups is 2. The molecule has 31 heavy (non-hydrogen) atoms. The van der Waals surface area contributed by atoms with Crippen molar-refractivity contribution in [1.29, 1.82) is 0 Å². The molecule has 3 aromatic rings. The SMILES string of the molecule is COc1cccc(/C=C(\NC(=O)c2ccccc2)C(=O)Nc2cccc(Br)c2)c1OC. The molecule has 0 bridgehead atoms. The van der Waals surface area contributed by atoms with Gasteiger partial charge in [-0.25, -0.2) is 0 Å². The quantitative estimate of drug-likeness (QED) is 0.472. The Bertz CT molecular complexity index is 1110. The number of amides is 2. The van der Waals surface area contributed by atoms with E-state index in [9.17, 15) is 9.59 Å². The van der Waals surface area contributed by atoms with E-state index < -0.39 is 11.8 Å². The second-order valence-electron chi connectivity index (χ2n) is 6.43. The third-order valence-electron chi connectivity index (χ3n) is 4.34. The smallest absolute Gasteiger partial charge is 0.272 e. The summed E-state index contributed by atoms with van der Waals surface area (Å²) in [6.07, 6.45) is 1.55. The third-order valence-corrected chi connectivity index (χ3v) is 4.84. The molecule has 0 saturated heterocycles. The molecule has 6 nitrogen and oxygen atoms in total. The van der Waals surface area contributed by atoms with Crippen LogP contribution in [0.25, 0.3) is 6.08 Å². The highest BCUT2D eigenvalue weighted by Gasteiger charge is 2.17. The Morgan fingerprint density at radius 1 is 0.903 bits per heavy atom. The molecule has 2 amide bonds. The summed E-state index contributed by atoms with van der Waals surface area (Å²) in [5.74, 6) is 0.0782. The molecule has 0 heterocycles. The standard InChI is InChI=1S/C24H21BrN2O4/c1-30-21-13-6-10-17(22(21)31-2)14-20(27-23(28)16-8-4-3-5-9-16)24(29)26-19-12-7-11-18(25)15-19/h3-15H,1-2H3,(H,26,29)(H,27,28)/b20-14-. The van der Waals surface area contributed by atoms with E-state index in [-0.39, 0.29) is 5.70 Å². The first kappa shape index (κ1) is 22.1. The molecule has 0 aliphatic rings. The van der Waals surface area contributed by atoms with Crippen molar-refractivity contribution in [2.24, 2.45) is 0 Å². The summed E-state index contributed by atoms with van der Waals surface area (Å²) < 4.78 is 11.6. The number of nitrogens with one attached hydrogen (secondary N) is 2. The molecule has 0 radical (unpaired) electrons. The number of benzene rings is 3. The number of para-hydroxylation sites is 1. The lowest BCUT2D eigenvalue weighted by Crippen LogP contribution is -2.30. The number of carbonyl (C=O) groups excluding carboxylic acids is 2. The number of halogens is 1. The lowest BCUT2D eigenvalue weighted by atomic mass is 10.1. The van der Waals surface area contributed by atoms with Crippen molar-refractivity contribution in [2.75, 3.05) is 19.5 Å². The molecule has 2 N–H and O–H groups in total. The average molecular weight is 481 g/mol. The average Bonchev–Trinajstić information content (AvgIpc) is 2.78. The van der Waals surface area contributed by atoms with Crippen LogP contribution in [0, 0.1) is 0 Å². The van der Waals surface area contributed by atoms with E-state index in [2.05, 4.69) is 26.6 Å². The van der Waals surface area contributed by atoms with Crippen LogP contribution in [0.2, 0.25) is 0 Å². The Hall–Kier alpha value is -3.58. The van der Waals surface area contributed by atoms with Crippen LogP contribution in [0.15, 0.2) is 83.0 Å². The van der Waals surface area contributed by atoms with Crippen molar-refractivity contribution in [3.05, 3.63) is 94.1 Å². The first-order chi connectivity index (χ1) is 15.0. The highest BCUT2D eigenvalue weighted by molar-refractivity contribution is 9.10. The molecule has 0 aromatic heterocycles. The van der Waals surface area contributed by atoms with Gasteiger partial charge in [0.25, 0.3) is 11.8 Å². The molecule has 158 valence electrons. The predicted molar refractivity (Wildman–Crippen MR) is 124 cm³/mol. The minimum atomic E-state index is -0.479. The van der Waals surface area contributed by atoms with Gasteiger partial charge in [0.05, 0.1) is 14.2 Å². The van der Waals surface area contributed by atoms with Gasteiger partial charge < -0.3 is 20.1 Å². The Labute approximate surface area is 189 Å². The zero-order valence-corrected chi connectivity index (χ0v) is 18.6. The summed E-state index contributed by atoms with van der Waals surface area (Å²) in [6.45, 7) is 0. The molecule has 3 aromatic carbocycles. The summed E-state index contributed by atoms with van der Waals surface area (Å²) in [6, 6.07) is 21.1. The van der Waals surface area contributed by atoms with Crippen molar-refractivity contribution in [2.45, 2.75) is 0 Å². The Balaban J connectivity index is 1.98. The zero-order chi connectivity index (χ0) is 22.2. The fraction of sp³-hybridized carbons (Fsp3) is 0.0833. The predicted octanol–water partition coefficient (Wildman–Crippen LogP) is 4.88. The molecule has 0 saturated carbocycles. The molecule has 0 atom stereocenters. The van der Waals surface area contributed by atoms with E-state index in [4.69, 9.17) is 9.47 Å². The summed E-state index contributed by atoms with van der Waals surface area (Å²) in [5.41, 5.74) is 1.65. The van der Waals surface area contributed by atoms with Crippen LogP contribution in [0.5, 0.6) is 11.5 Å². The Morgan fingerprint density at radius 2 is 1.65 bits per heavy atom. The lowest BCUT2D eigenvalue weighted by molar-refractivity contribution is -0.113. The van der Waals surface area contributed by atoms with E-state index in [1.807, 2.05) is 12.1 Å². The van der Waals surface area contributed by atoms with Crippen molar-refractivity contribution in [1.82, 2.24) is 5.32 Å². The van der Waals surface area contributed by atoms with Crippen molar-refractivity contribution in [3.8, 4) is 11.5 Å². The molecule has 0 spiro atoms. The number of methoxy groups -OCH3 is 2. The summed E-state index contributed by atoms with van der Waals surface area (Å²) in [4.78, 5) is 25.8.